The average Bonchev–Trinajstić information content (AvgIpc) is 2.41. The van der Waals surface area contributed by atoms with E-state index in [2.05, 4.69) is 46.4 Å². The van der Waals surface area contributed by atoms with Crippen LogP contribution < -0.4 is 5.73 Å². The van der Waals surface area contributed by atoms with Crippen molar-refractivity contribution >= 4 is 0 Å². The molecule has 0 fully saturated rings. The lowest BCUT2D eigenvalue weighted by atomic mass is 9.93. The number of nitrogens with zero attached hydrogens (tertiary/aromatic N) is 1. The molecule has 134 valence electrons. The van der Waals surface area contributed by atoms with Crippen molar-refractivity contribution in [2.24, 2.45) is 17.6 Å². The van der Waals surface area contributed by atoms with Gasteiger partial charge in [0.1, 0.15) is 0 Å². The SMILES string of the molecule is CC(C)CCCN(CCCC(C)C)C(C)(C)CCCCCN. The van der Waals surface area contributed by atoms with Crippen LogP contribution in [-0.4, -0.2) is 30.1 Å². The number of hydrogen-bond donors (Lipinski definition) is 1. The van der Waals surface area contributed by atoms with Gasteiger partial charge in [-0.1, -0.05) is 40.5 Å². The summed E-state index contributed by atoms with van der Waals surface area (Å²) in [7, 11) is 0. The summed E-state index contributed by atoms with van der Waals surface area (Å²) in [5.74, 6) is 1.65. The maximum absolute atomic E-state index is 5.62. The Morgan fingerprint density at radius 3 is 1.68 bits per heavy atom. The van der Waals surface area contributed by atoms with Gasteiger partial charge in [0, 0.05) is 5.54 Å². The average molecular weight is 313 g/mol. The van der Waals surface area contributed by atoms with Gasteiger partial charge in [0.2, 0.25) is 0 Å². The molecule has 0 atom stereocenters. The summed E-state index contributed by atoms with van der Waals surface area (Å²) in [5.41, 5.74) is 5.95. The monoisotopic (exact) mass is 312 g/mol. The summed E-state index contributed by atoms with van der Waals surface area (Å²) in [6.45, 7) is 17.6. The molecule has 0 heterocycles. The highest BCUT2D eigenvalue weighted by molar-refractivity contribution is 4.81. The fourth-order valence-corrected chi connectivity index (χ4v) is 3.13. The fourth-order valence-electron chi connectivity index (χ4n) is 3.13. The maximum atomic E-state index is 5.62. The largest absolute Gasteiger partial charge is 0.330 e. The van der Waals surface area contributed by atoms with E-state index in [-0.39, 0.29) is 0 Å². The van der Waals surface area contributed by atoms with Gasteiger partial charge in [-0.3, -0.25) is 4.90 Å². The first kappa shape index (κ1) is 21.9. The molecule has 0 aromatic heterocycles. The third-order valence-corrected chi connectivity index (χ3v) is 4.77. The molecule has 0 amide bonds. The van der Waals surface area contributed by atoms with Crippen molar-refractivity contribution in [1.82, 2.24) is 4.90 Å². The van der Waals surface area contributed by atoms with E-state index in [1.165, 1.54) is 64.5 Å². The van der Waals surface area contributed by atoms with E-state index in [1.807, 2.05) is 0 Å². The minimum absolute atomic E-state index is 0.336. The first-order valence-electron chi connectivity index (χ1n) is 9.74. The summed E-state index contributed by atoms with van der Waals surface area (Å²) in [6.07, 6.45) is 10.5. The molecule has 0 rings (SSSR count). The van der Waals surface area contributed by atoms with Crippen LogP contribution in [0.2, 0.25) is 0 Å². The Hall–Kier alpha value is -0.0800. The summed E-state index contributed by atoms with van der Waals surface area (Å²) in [4.78, 5) is 2.76. The second-order valence-electron chi connectivity index (χ2n) is 8.47. The highest BCUT2D eigenvalue weighted by Gasteiger charge is 2.25. The quantitative estimate of drug-likeness (QED) is 0.432. The first-order chi connectivity index (χ1) is 10.3. The molecule has 0 saturated heterocycles. The topological polar surface area (TPSA) is 29.3 Å². The lowest BCUT2D eigenvalue weighted by Crippen LogP contribution is -2.45. The van der Waals surface area contributed by atoms with Gasteiger partial charge >= 0.3 is 0 Å². The van der Waals surface area contributed by atoms with Gasteiger partial charge in [0.15, 0.2) is 0 Å². The molecule has 0 aromatic carbocycles. The first-order valence-corrected chi connectivity index (χ1v) is 9.74. The van der Waals surface area contributed by atoms with E-state index in [0.717, 1.165) is 18.4 Å². The summed E-state index contributed by atoms with van der Waals surface area (Å²) in [5, 5.41) is 0. The second-order valence-corrected chi connectivity index (χ2v) is 8.47. The minimum atomic E-state index is 0.336. The Morgan fingerprint density at radius 2 is 1.27 bits per heavy atom. The molecule has 0 aromatic rings. The molecule has 2 N–H and O–H groups in total. The van der Waals surface area contributed by atoms with Crippen LogP contribution in [-0.2, 0) is 0 Å². The third-order valence-electron chi connectivity index (χ3n) is 4.77. The van der Waals surface area contributed by atoms with Gasteiger partial charge in [-0.15, -0.1) is 0 Å². The molecule has 0 aliphatic heterocycles. The van der Waals surface area contributed by atoms with Crippen LogP contribution in [0.3, 0.4) is 0 Å². The molecule has 0 bridgehead atoms. The van der Waals surface area contributed by atoms with Gasteiger partial charge in [0.05, 0.1) is 0 Å². The third kappa shape index (κ3) is 11.5. The predicted molar refractivity (Wildman–Crippen MR) is 101 cm³/mol. The Kier molecular flexibility index (Phi) is 12.3. The molecular weight excluding hydrogens is 268 g/mol. The van der Waals surface area contributed by atoms with E-state index < -0.39 is 0 Å². The van der Waals surface area contributed by atoms with Crippen molar-refractivity contribution in [1.29, 1.82) is 0 Å². The normalized spacial score (nSPS) is 12.8. The van der Waals surface area contributed by atoms with E-state index in [4.69, 9.17) is 5.73 Å². The second kappa shape index (κ2) is 12.4. The molecular formula is C20H44N2. The molecule has 0 saturated carbocycles. The van der Waals surface area contributed by atoms with Crippen molar-refractivity contribution in [3.05, 3.63) is 0 Å². The molecule has 22 heavy (non-hydrogen) atoms. The zero-order valence-corrected chi connectivity index (χ0v) is 16.5. The van der Waals surface area contributed by atoms with Crippen LogP contribution in [0.1, 0.15) is 92.9 Å². The number of unbranched alkanes of at least 4 members (excludes halogenated alkanes) is 2. The van der Waals surface area contributed by atoms with E-state index >= 15 is 0 Å². The van der Waals surface area contributed by atoms with E-state index in [1.54, 1.807) is 0 Å². The minimum Gasteiger partial charge on any atom is -0.330 e. The van der Waals surface area contributed by atoms with Gasteiger partial charge in [0.25, 0.3) is 0 Å². The van der Waals surface area contributed by atoms with E-state index in [9.17, 15) is 0 Å². The van der Waals surface area contributed by atoms with Gasteiger partial charge in [-0.05, 0) is 83.8 Å². The lowest BCUT2D eigenvalue weighted by Gasteiger charge is -2.39. The van der Waals surface area contributed by atoms with Crippen molar-refractivity contribution in [2.45, 2.75) is 98.4 Å². The molecule has 0 spiro atoms. The Balaban J connectivity index is 4.36. The maximum Gasteiger partial charge on any atom is 0.0153 e. The lowest BCUT2D eigenvalue weighted by molar-refractivity contribution is 0.101. The van der Waals surface area contributed by atoms with Gasteiger partial charge in [-0.25, -0.2) is 0 Å². The highest BCUT2D eigenvalue weighted by Crippen LogP contribution is 2.24. The van der Waals surface area contributed by atoms with Crippen LogP contribution in [0, 0.1) is 11.8 Å². The van der Waals surface area contributed by atoms with Crippen molar-refractivity contribution in [2.75, 3.05) is 19.6 Å². The van der Waals surface area contributed by atoms with Crippen molar-refractivity contribution < 1.29 is 0 Å². The predicted octanol–water partition coefficient (Wildman–Crippen LogP) is 5.46. The number of rotatable bonds is 14. The fraction of sp³-hybridized carbons (Fsp3) is 1.00. The molecule has 0 aliphatic carbocycles. The van der Waals surface area contributed by atoms with Crippen molar-refractivity contribution in [3.8, 4) is 0 Å². The summed E-state index contributed by atoms with van der Waals surface area (Å²) < 4.78 is 0. The summed E-state index contributed by atoms with van der Waals surface area (Å²) >= 11 is 0. The van der Waals surface area contributed by atoms with Crippen LogP contribution >= 0.6 is 0 Å². The number of hydrogen-bond acceptors (Lipinski definition) is 2. The Labute approximate surface area is 141 Å². The molecule has 0 radical (unpaired) electrons. The molecule has 2 nitrogen and oxygen atoms in total. The summed E-state index contributed by atoms with van der Waals surface area (Å²) in [6, 6.07) is 0. The Bertz CT molecular complexity index is 232. The molecule has 0 aliphatic rings. The van der Waals surface area contributed by atoms with Gasteiger partial charge < -0.3 is 5.73 Å². The van der Waals surface area contributed by atoms with E-state index in [0.29, 0.717) is 5.54 Å². The zero-order chi connectivity index (χ0) is 17.0. The standard InChI is InChI=1S/C20H44N2/c1-18(2)12-10-16-22(17-11-13-19(3)4)20(5,6)14-8-7-9-15-21/h18-19H,7-17,21H2,1-6H3. The number of nitrogens with two attached hydrogens (primary N) is 1. The van der Waals surface area contributed by atoms with Crippen molar-refractivity contribution in [3.63, 3.8) is 0 Å². The molecule has 2 heteroatoms. The van der Waals surface area contributed by atoms with Crippen LogP contribution in [0.15, 0.2) is 0 Å². The Morgan fingerprint density at radius 1 is 0.773 bits per heavy atom. The van der Waals surface area contributed by atoms with Crippen LogP contribution in [0.5, 0.6) is 0 Å². The zero-order valence-electron chi connectivity index (χ0n) is 16.5. The van der Waals surface area contributed by atoms with Crippen LogP contribution in [0.4, 0.5) is 0 Å². The van der Waals surface area contributed by atoms with Crippen LogP contribution in [0.25, 0.3) is 0 Å². The smallest absolute Gasteiger partial charge is 0.0153 e. The van der Waals surface area contributed by atoms with Gasteiger partial charge in [-0.2, -0.15) is 0 Å². The molecule has 0 unspecified atom stereocenters. The highest BCUT2D eigenvalue weighted by atomic mass is 15.2.